The zero-order valence-electron chi connectivity index (χ0n) is 7.98. The Labute approximate surface area is 105 Å². The van der Waals surface area contributed by atoms with Gasteiger partial charge in [0.2, 0.25) is 0 Å². The molecule has 1 aromatic rings. The molecule has 1 rings (SSSR count). The number of alkyl halides is 2. The second kappa shape index (κ2) is 5.51. The lowest BCUT2D eigenvalue weighted by Gasteiger charge is -2.13. The predicted molar refractivity (Wildman–Crippen MR) is 65.0 cm³/mol. The average molecular weight is 338 g/mol. The van der Waals surface area contributed by atoms with E-state index >= 15 is 0 Å². The van der Waals surface area contributed by atoms with Crippen LogP contribution in [0.3, 0.4) is 0 Å². The minimum absolute atomic E-state index is 0.287. The van der Waals surface area contributed by atoms with E-state index in [-0.39, 0.29) is 4.83 Å². The fourth-order valence-electron chi connectivity index (χ4n) is 1.11. The molecule has 82 valence electrons. The number of carboxylic acids is 1. The molecule has 2 atom stereocenters. The van der Waals surface area contributed by atoms with Gasteiger partial charge in [0.15, 0.2) is 0 Å². The number of carbonyl (C=O) groups is 1. The van der Waals surface area contributed by atoms with Crippen LogP contribution in [0.25, 0.3) is 0 Å². The van der Waals surface area contributed by atoms with E-state index in [0.717, 1.165) is 5.56 Å². The zero-order chi connectivity index (χ0) is 11.4. The van der Waals surface area contributed by atoms with Gasteiger partial charge in [-0.1, -0.05) is 44.0 Å². The van der Waals surface area contributed by atoms with Crippen LogP contribution >= 0.6 is 31.9 Å². The number of carboxylic acid groups (broad SMARTS) is 1. The summed E-state index contributed by atoms with van der Waals surface area (Å²) in [5.74, 6) is -0.193. The Hall–Kier alpha value is -0.550. The van der Waals surface area contributed by atoms with Crippen molar-refractivity contribution in [1.29, 1.82) is 0 Å². The topological polar surface area (TPSA) is 46.5 Å². The first kappa shape index (κ1) is 12.5. The van der Waals surface area contributed by atoms with Crippen LogP contribution in [0, 0.1) is 0 Å². The number of methoxy groups -OCH3 is 1. The molecule has 15 heavy (non-hydrogen) atoms. The number of hydrogen-bond acceptors (Lipinski definition) is 2. The van der Waals surface area contributed by atoms with Crippen LogP contribution in [0.15, 0.2) is 24.3 Å². The van der Waals surface area contributed by atoms with Gasteiger partial charge in [-0.05, 0) is 17.7 Å². The molecule has 1 N–H and O–H groups in total. The van der Waals surface area contributed by atoms with E-state index in [0.29, 0.717) is 5.75 Å². The van der Waals surface area contributed by atoms with Crippen molar-refractivity contribution in [3.05, 3.63) is 29.8 Å². The molecule has 0 aromatic heterocycles. The summed E-state index contributed by atoms with van der Waals surface area (Å²) >= 11 is 6.44. The number of halogens is 2. The normalized spacial score (nSPS) is 14.3. The van der Waals surface area contributed by atoms with Crippen LogP contribution in [0.2, 0.25) is 0 Å². The molecule has 5 heteroatoms. The van der Waals surface area contributed by atoms with Crippen LogP contribution in [-0.2, 0) is 4.79 Å². The molecule has 0 fully saturated rings. The van der Waals surface area contributed by atoms with E-state index in [4.69, 9.17) is 9.84 Å². The molecule has 0 radical (unpaired) electrons. The lowest BCUT2D eigenvalue weighted by molar-refractivity contribution is -0.136. The molecular formula is C10H10Br2O3. The molecule has 3 nitrogen and oxygen atoms in total. The van der Waals surface area contributed by atoms with Gasteiger partial charge in [-0.3, -0.25) is 4.79 Å². The third-order valence-electron chi connectivity index (χ3n) is 1.91. The molecule has 0 spiro atoms. The highest BCUT2D eigenvalue weighted by atomic mass is 79.9. The van der Waals surface area contributed by atoms with Crippen molar-refractivity contribution in [2.45, 2.75) is 9.65 Å². The summed E-state index contributed by atoms with van der Waals surface area (Å²) in [5.41, 5.74) is 0.860. The van der Waals surface area contributed by atoms with Crippen LogP contribution in [0.4, 0.5) is 0 Å². The van der Waals surface area contributed by atoms with Crippen LogP contribution in [0.5, 0.6) is 5.75 Å². The zero-order valence-corrected chi connectivity index (χ0v) is 11.2. The molecule has 0 saturated carbocycles. The van der Waals surface area contributed by atoms with Crippen LogP contribution in [0.1, 0.15) is 10.4 Å². The third kappa shape index (κ3) is 3.21. The quantitative estimate of drug-likeness (QED) is 0.859. The lowest BCUT2D eigenvalue weighted by Crippen LogP contribution is -2.17. The smallest absolute Gasteiger partial charge is 0.318 e. The van der Waals surface area contributed by atoms with E-state index in [2.05, 4.69) is 31.9 Å². The minimum atomic E-state index is -0.903. The summed E-state index contributed by atoms with van der Waals surface area (Å²) in [6, 6.07) is 7.28. The maximum Gasteiger partial charge on any atom is 0.318 e. The summed E-state index contributed by atoms with van der Waals surface area (Å²) in [7, 11) is 1.57. The van der Waals surface area contributed by atoms with Crippen molar-refractivity contribution in [1.82, 2.24) is 0 Å². The Bertz CT molecular complexity index is 354. The summed E-state index contributed by atoms with van der Waals surface area (Å²) in [4.78, 5) is 9.81. The van der Waals surface area contributed by atoms with E-state index in [9.17, 15) is 4.79 Å². The standard InChI is InChI=1S/C10H10Br2O3/c1-15-7-4-2-3-6(5-7)8(11)9(12)10(13)14/h2-5,8-9H,1H3,(H,13,14)/t8-,9-/m0/s1. The molecule has 0 aliphatic heterocycles. The van der Waals surface area contributed by atoms with Gasteiger partial charge in [0.1, 0.15) is 10.6 Å². The molecule has 0 bridgehead atoms. The summed E-state index contributed by atoms with van der Waals surface area (Å²) in [6.07, 6.45) is 0. The molecule has 1 aromatic carbocycles. The van der Waals surface area contributed by atoms with Gasteiger partial charge < -0.3 is 9.84 Å². The number of hydrogen-bond donors (Lipinski definition) is 1. The molecular weight excluding hydrogens is 328 g/mol. The SMILES string of the molecule is COc1cccc([C@H](Br)[C@H](Br)C(=O)O)c1. The molecule has 0 heterocycles. The number of ether oxygens (including phenoxy) is 1. The number of aliphatic carboxylic acids is 1. The van der Waals surface area contributed by atoms with Gasteiger partial charge in [-0.25, -0.2) is 0 Å². The van der Waals surface area contributed by atoms with Crippen LogP contribution in [-0.4, -0.2) is 23.0 Å². The van der Waals surface area contributed by atoms with Crippen LogP contribution < -0.4 is 4.74 Å². The minimum Gasteiger partial charge on any atom is -0.497 e. The van der Waals surface area contributed by atoms with E-state index in [1.165, 1.54) is 0 Å². The summed E-state index contributed by atoms with van der Waals surface area (Å²) in [5, 5.41) is 8.83. The molecule has 0 unspecified atom stereocenters. The third-order valence-corrected chi connectivity index (χ3v) is 4.59. The monoisotopic (exact) mass is 336 g/mol. The van der Waals surface area contributed by atoms with Crippen molar-refractivity contribution in [3.63, 3.8) is 0 Å². The van der Waals surface area contributed by atoms with Crippen molar-refractivity contribution in [2.75, 3.05) is 7.11 Å². The summed E-state index contributed by atoms with van der Waals surface area (Å²) in [6.45, 7) is 0. The highest BCUT2D eigenvalue weighted by Gasteiger charge is 2.24. The average Bonchev–Trinajstić information content (AvgIpc) is 2.27. The Morgan fingerprint density at radius 2 is 2.13 bits per heavy atom. The lowest BCUT2D eigenvalue weighted by atomic mass is 10.1. The first-order chi connectivity index (χ1) is 7.06. The highest BCUT2D eigenvalue weighted by molar-refractivity contribution is 9.12. The highest BCUT2D eigenvalue weighted by Crippen LogP contribution is 2.32. The van der Waals surface area contributed by atoms with Crippen molar-refractivity contribution in [3.8, 4) is 5.75 Å². The fraction of sp³-hybridized carbons (Fsp3) is 0.300. The van der Waals surface area contributed by atoms with Crippen molar-refractivity contribution < 1.29 is 14.6 Å². The van der Waals surface area contributed by atoms with Gasteiger partial charge >= 0.3 is 5.97 Å². The van der Waals surface area contributed by atoms with Gasteiger partial charge in [-0.15, -0.1) is 0 Å². The predicted octanol–water partition coefficient (Wildman–Crippen LogP) is 2.98. The van der Waals surface area contributed by atoms with Gasteiger partial charge in [0.25, 0.3) is 0 Å². The fourth-order valence-corrected chi connectivity index (χ4v) is 1.92. The largest absolute Gasteiger partial charge is 0.497 e. The summed E-state index contributed by atoms with van der Waals surface area (Å²) < 4.78 is 5.06. The van der Waals surface area contributed by atoms with E-state index < -0.39 is 10.8 Å². The van der Waals surface area contributed by atoms with E-state index in [1.54, 1.807) is 13.2 Å². The molecule has 0 aliphatic rings. The number of benzene rings is 1. The number of rotatable bonds is 4. The van der Waals surface area contributed by atoms with Gasteiger partial charge in [-0.2, -0.15) is 0 Å². The van der Waals surface area contributed by atoms with E-state index in [1.807, 2.05) is 18.2 Å². The molecule has 0 aliphatic carbocycles. The first-order valence-corrected chi connectivity index (χ1v) is 6.04. The second-order valence-corrected chi connectivity index (χ2v) is 4.89. The molecule has 0 saturated heterocycles. The first-order valence-electron chi connectivity index (χ1n) is 4.21. The van der Waals surface area contributed by atoms with Gasteiger partial charge in [0, 0.05) is 0 Å². The maximum atomic E-state index is 10.8. The van der Waals surface area contributed by atoms with Crippen molar-refractivity contribution >= 4 is 37.8 Å². The second-order valence-electron chi connectivity index (χ2n) is 2.92. The van der Waals surface area contributed by atoms with Crippen molar-refractivity contribution in [2.24, 2.45) is 0 Å². The Kier molecular flexibility index (Phi) is 4.60. The Morgan fingerprint density at radius 1 is 1.47 bits per heavy atom. The Balaban J connectivity index is 2.90. The molecule has 0 amide bonds. The Morgan fingerprint density at radius 3 is 2.67 bits per heavy atom. The maximum absolute atomic E-state index is 10.8. The van der Waals surface area contributed by atoms with Gasteiger partial charge in [0.05, 0.1) is 11.9 Å².